The molecule has 0 fully saturated rings. The summed E-state index contributed by atoms with van der Waals surface area (Å²) in [5, 5.41) is 15.0. The molecule has 22 heavy (non-hydrogen) atoms. The third-order valence-electron chi connectivity index (χ3n) is 1.95. The molecule has 0 unspecified atom stereocenters. The molecule has 0 aromatic carbocycles. The van der Waals surface area contributed by atoms with E-state index in [2.05, 4.69) is 14.9 Å². The van der Waals surface area contributed by atoms with Crippen molar-refractivity contribution in [3.63, 3.8) is 0 Å². The maximum Gasteiger partial charge on any atom is 0.573 e. The SMILES string of the molecule is NS(=O)(=O)c1c([N+](=O)[O-])ncc(C(F)(F)F)c1OC(F)(F)F. The average Bonchev–Trinajstić information content (AvgIpc) is 2.22. The number of pyridine rings is 1. The van der Waals surface area contributed by atoms with Crippen LogP contribution in [0.3, 0.4) is 0 Å². The Morgan fingerprint density at radius 2 is 1.73 bits per heavy atom. The lowest BCUT2D eigenvalue weighted by Gasteiger charge is -2.16. The molecule has 1 heterocycles. The molecule has 0 radical (unpaired) electrons. The number of hydrogen-bond acceptors (Lipinski definition) is 6. The molecule has 0 amide bonds. The zero-order valence-corrected chi connectivity index (χ0v) is 10.6. The maximum atomic E-state index is 12.6. The van der Waals surface area contributed by atoms with Gasteiger partial charge in [0, 0.05) is 0 Å². The zero-order valence-electron chi connectivity index (χ0n) is 9.77. The standard InChI is InChI=1S/C7H3F6N3O5S/c8-6(9,10)2-1-15-5(16(17)18)4(22(14,19)20)3(2)21-7(11,12)13/h1H,(H2,14,19,20). The molecule has 0 atom stereocenters. The van der Waals surface area contributed by atoms with Crippen LogP contribution < -0.4 is 9.88 Å². The molecule has 8 nitrogen and oxygen atoms in total. The molecule has 0 aliphatic heterocycles. The summed E-state index contributed by atoms with van der Waals surface area (Å²) in [6.45, 7) is 0. The fraction of sp³-hybridized carbons (Fsp3) is 0.286. The number of nitrogens with zero attached hydrogens (tertiary/aromatic N) is 2. The predicted octanol–water partition coefficient (Wildman–Crippen LogP) is 1.55. The molecule has 0 spiro atoms. The number of ether oxygens (including phenoxy) is 1. The van der Waals surface area contributed by atoms with Crippen molar-refractivity contribution in [3.05, 3.63) is 21.9 Å². The minimum atomic E-state index is -5.77. The first kappa shape index (κ1) is 17.9. The number of alkyl halides is 6. The minimum absolute atomic E-state index is 0.367. The van der Waals surface area contributed by atoms with Crippen LogP contribution in [0.5, 0.6) is 5.75 Å². The second kappa shape index (κ2) is 5.24. The second-order valence-electron chi connectivity index (χ2n) is 3.50. The van der Waals surface area contributed by atoms with E-state index in [9.17, 15) is 44.9 Å². The van der Waals surface area contributed by atoms with Crippen molar-refractivity contribution in [3.8, 4) is 5.75 Å². The molecule has 124 valence electrons. The van der Waals surface area contributed by atoms with E-state index in [1.54, 1.807) is 0 Å². The summed E-state index contributed by atoms with van der Waals surface area (Å²) in [4.78, 5) is 9.37. The zero-order chi connectivity index (χ0) is 17.5. The summed E-state index contributed by atoms with van der Waals surface area (Å²) in [7, 11) is -5.39. The van der Waals surface area contributed by atoms with Crippen LogP contribution in [0.4, 0.5) is 32.2 Å². The number of nitro groups is 1. The Labute approximate surface area is 116 Å². The van der Waals surface area contributed by atoms with E-state index in [0.29, 0.717) is 0 Å². The molecular weight excluding hydrogens is 352 g/mol. The van der Waals surface area contributed by atoms with Gasteiger partial charge in [0.25, 0.3) is 0 Å². The normalized spacial score (nSPS) is 13.0. The number of sulfonamides is 1. The van der Waals surface area contributed by atoms with Crippen LogP contribution in [0.2, 0.25) is 0 Å². The number of halogens is 6. The summed E-state index contributed by atoms with van der Waals surface area (Å²) in [5.74, 6) is -4.21. The highest BCUT2D eigenvalue weighted by Gasteiger charge is 2.46. The lowest BCUT2D eigenvalue weighted by atomic mass is 10.2. The maximum absolute atomic E-state index is 12.6. The van der Waals surface area contributed by atoms with Gasteiger partial charge in [0.1, 0.15) is 5.56 Å². The molecule has 0 saturated carbocycles. The van der Waals surface area contributed by atoms with Gasteiger partial charge in [-0.2, -0.15) is 13.2 Å². The summed E-state index contributed by atoms with van der Waals surface area (Å²) in [6, 6.07) is 0. The van der Waals surface area contributed by atoms with Crippen LogP contribution in [0.15, 0.2) is 11.1 Å². The average molecular weight is 355 g/mol. The van der Waals surface area contributed by atoms with Crippen molar-refractivity contribution in [1.29, 1.82) is 0 Å². The van der Waals surface area contributed by atoms with Gasteiger partial charge in [-0.15, -0.1) is 13.2 Å². The number of aromatic nitrogens is 1. The van der Waals surface area contributed by atoms with Crippen LogP contribution in [0.1, 0.15) is 5.56 Å². The van der Waals surface area contributed by atoms with E-state index < -0.39 is 49.5 Å². The van der Waals surface area contributed by atoms with Gasteiger partial charge < -0.3 is 14.9 Å². The van der Waals surface area contributed by atoms with Crippen LogP contribution >= 0.6 is 0 Å². The van der Waals surface area contributed by atoms with E-state index in [0.717, 1.165) is 0 Å². The van der Waals surface area contributed by atoms with Crippen molar-refractivity contribution in [2.24, 2.45) is 5.14 Å². The van der Waals surface area contributed by atoms with E-state index in [4.69, 9.17) is 0 Å². The molecule has 0 aliphatic rings. The molecule has 0 saturated heterocycles. The summed E-state index contributed by atoms with van der Waals surface area (Å²) >= 11 is 0. The van der Waals surface area contributed by atoms with Crippen molar-refractivity contribution in [2.75, 3.05) is 0 Å². The Morgan fingerprint density at radius 3 is 2.05 bits per heavy atom. The first-order valence-corrected chi connectivity index (χ1v) is 6.22. The first-order valence-electron chi connectivity index (χ1n) is 4.67. The van der Waals surface area contributed by atoms with Crippen LogP contribution in [-0.2, 0) is 16.2 Å². The summed E-state index contributed by atoms with van der Waals surface area (Å²) in [6.07, 6.45) is -11.7. The predicted molar refractivity (Wildman–Crippen MR) is 53.9 cm³/mol. The highest BCUT2D eigenvalue weighted by molar-refractivity contribution is 7.89. The van der Waals surface area contributed by atoms with Gasteiger partial charge in [0.05, 0.1) is 0 Å². The molecular formula is C7H3F6N3O5S. The fourth-order valence-corrected chi connectivity index (χ4v) is 2.06. The Kier molecular flexibility index (Phi) is 4.26. The largest absolute Gasteiger partial charge is 0.573 e. The molecule has 15 heteroatoms. The van der Waals surface area contributed by atoms with Gasteiger partial charge in [-0.3, -0.25) is 0 Å². The molecule has 1 aromatic rings. The molecule has 0 aliphatic carbocycles. The van der Waals surface area contributed by atoms with Gasteiger partial charge in [0.15, 0.2) is 11.9 Å². The molecule has 2 N–H and O–H groups in total. The smallest absolute Gasteiger partial charge is 0.403 e. The highest BCUT2D eigenvalue weighted by atomic mass is 32.2. The highest BCUT2D eigenvalue weighted by Crippen LogP contribution is 2.43. The Balaban J connectivity index is 3.92. The minimum Gasteiger partial charge on any atom is -0.403 e. The topological polar surface area (TPSA) is 125 Å². The third kappa shape index (κ3) is 3.94. The van der Waals surface area contributed by atoms with Crippen molar-refractivity contribution >= 4 is 15.8 Å². The lowest BCUT2D eigenvalue weighted by molar-refractivity contribution is -0.393. The van der Waals surface area contributed by atoms with Gasteiger partial charge in [-0.05, 0) is 9.91 Å². The first-order chi connectivity index (χ1) is 9.64. The van der Waals surface area contributed by atoms with Crippen molar-refractivity contribution in [2.45, 2.75) is 17.4 Å². The number of rotatable bonds is 3. The Hall–Kier alpha value is -2.16. The number of primary sulfonamides is 1. The van der Waals surface area contributed by atoms with E-state index >= 15 is 0 Å². The Morgan fingerprint density at radius 1 is 1.23 bits per heavy atom. The lowest BCUT2D eigenvalue weighted by Crippen LogP contribution is -2.25. The van der Waals surface area contributed by atoms with Gasteiger partial charge in [-0.25, -0.2) is 13.6 Å². The summed E-state index contributed by atoms with van der Waals surface area (Å²) in [5.41, 5.74) is -2.29. The number of hydrogen-bond donors (Lipinski definition) is 1. The van der Waals surface area contributed by atoms with E-state index in [1.165, 1.54) is 0 Å². The molecule has 0 bridgehead atoms. The monoisotopic (exact) mass is 355 g/mol. The van der Waals surface area contributed by atoms with Crippen molar-refractivity contribution in [1.82, 2.24) is 4.98 Å². The van der Waals surface area contributed by atoms with E-state index in [1.807, 2.05) is 0 Å². The molecule has 1 rings (SSSR count). The second-order valence-corrected chi connectivity index (χ2v) is 5.00. The fourth-order valence-electron chi connectivity index (χ4n) is 1.27. The summed E-state index contributed by atoms with van der Waals surface area (Å²) < 4.78 is 99.8. The molecule has 1 aromatic heterocycles. The van der Waals surface area contributed by atoms with Crippen molar-refractivity contribution < 1.29 is 44.4 Å². The van der Waals surface area contributed by atoms with E-state index in [-0.39, 0.29) is 6.20 Å². The van der Waals surface area contributed by atoms with Gasteiger partial charge >= 0.3 is 18.4 Å². The third-order valence-corrected chi connectivity index (χ3v) is 2.89. The van der Waals surface area contributed by atoms with Crippen LogP contribution in [-0.4, -0.2) is 24.7 Å². The quantitative estimate of drug-likeness (QED) is 0.498. The number of nitrogens with two attached hydrogens (primary N) is 1. The van der Waals surface area contributed by atoms with Crippen LogP contribution in [0.25, 0.3) is 0 Å². The Bertz CT molecular complexity index is 713. The van der Waals surface area contributed by atoms with Crippen LogP contribution in [0, 0.1) is 10.1 Å². The van der Waals surface area contributed by atoms with Gasteiger partial charge in [0.2, 0.25) is 14.9 Å². The van der Waals surface area contributed by atoms with Gasteiger partial charge in [-0.1, -0.05) is 0 Å².